The van der Waals surface area contributed by atoms with Gasteiger partial charge in [0.15, 0.2) is 5.82 Å². The fraction of sp³-hybridized carbons (Fsp3) is 0.176. The van der Waals surface area contributed by atoms with Crippen molar-refractivity contribution in [1.29, 1.82) is 0 Å². The number of anilines is 1. The maximum absolute atomic E-state index is 14.4. The molecule has 0 spiro atoms. The van der Waals surface area contributed by atoms with Crippen LogP contribution < -0.4 is 10.9 Å². The predicted octanol–water partition coefficient (Wildman–Crippen LogP) is 2.64. The topological polar surface area (TPSA) is 92.7 Å². The lowest BCUT2D eigenvalue weighted by Gasteiger charge is -2.24. The molecule has 0 bridgehead atoms. The minimum Gasteiger partial charge on any atom is -0.310 e. The van der Waals surface area contributed by atoms with Crippen LogP contribution in [-0.4, -0.2) is 25.9 Å². The van der Waals surface area contributed by atoms with E-state index in [1.54, 1.807) is 19.1 Å². The summed E-state index contributed by atoms with van der Waals surface area (Å²) in [4.78, 5) is 23.5. The second kappa shape index (κ2) is 6.17. The highest BCUT2D eigenvalue weighted by Crippen LogP contribution is 2.41. The molecule has 0 fully saturated rings. The summed E-state index contributed by atoms with van der Waals surface area (Å²) in [5.74, 6) is -0.305. The van der Waals surface area contributed by atoms with Crippen molar-refractivity contribution < 1.29 is 9.18 Å². The fourth-order valence-electron chi connectivity index (χ4n) is 3.22. The van der Waals surface area contributed by atoms with Crippen LogP contribution in [0.3, 0.4) is 0 Å². The fourth-order valence-corrected chi connectivity index (χ4v) is 3.59. The van der Waals surface area contributed by atoms with Crippen LogP contribution in [0.5, 0.6) is 0 Å². The number of benzene rings is 1. The van der Waals surface area contributed by atoms with Crippen LogP contribution in [0.2, 0.25) is 0 Å². The standard InChI is InChI=1S/C17H13BrFN5O2/c1-8-16-11(10-6-9(18)2-3-12(10)19)7-15(26)20-17(16)24(23-8)13-4-5-14(25)22-21-13/h2-6,11H,7H2,1H3,(H,20,26)(H,22,25). The predicted molar refractivity (Wildman–Crippen MR) is 95.9 cm³/mol. The lowest BCUT2D eigenvalue weighted by molar-refractivity contribution is -0.116. The van der Waals surface area contributed by atoms with Gasteiger partial charge in [-0.2, -0.15) is 14.9 Å². The van der Waals surface area contributed by atoms with Gasteiger partial charge in [0, 0.05) is 28.4 Å². The number of halogens is 2. The highest BCUT2D eigenvalue weighted by molar-refractivity contribution is 9.10. The Morgan fingerprint density at radius 2 is 2.08 bits per heavy atom. The molecule has 2 aromatic heterocycles. The van der Waals surface area contributed by atoms with Gasteiger partial charge in [-0.3, -0.25) is 9.59 Å². The highest BCUT2D eigenvalue weighted by Gasteiger charge is 2.34. The van der Waals surface area contributed by atoms with Crippen molar-refractivity contribution in [2.75, 3.05) is 5.32 Å². The van der Waals surface area contributed by atoms with Gasteiger partial charge in [-0.15, -0.1) is 0 Å². The number of fused-ring (bicyclic) bond motifs is 1. The lowest BCUT2D eigenvalue weighted by atomic mass is 9.85. The Morgan fingerprint density at radius 1 is 1.27 bits per heavy atom. The number of hydrogen-bond acceptors (Lipinski definition) is 4. The largest absolute Gasteiger partial charge is 0.310 e. The van der Waals surface area contributed by atoms with Crippen molar-refractivity contribution >= 4 is 27.7 Å². The van der Waals surface area contributed by atoms with E-state index in [4.69, 9.17) is 0 Å². The van der Waals surface area contributed by atoms with E-state index in [-0.39, 0.29) is 23.7 Å². The van der Waals surface area contributed by atoms with Crippen molar-refractivity contribution in [3.05, 3.63) is 67.8 Å². The monoisotopic (exact) mass is 417 g/mol. The molecule has 7 nitrogen and oxygen atoms in total. The van der Waals surface area contributed by atoms with E-state index in [1.807, 2.05) is 0 Å². The second-order valence-electron chi connectivity index (χ2n) is 6.01. The maximum atomic E-state index is 14.4. The van der Waals surface area contributed by atoms with Gasteiger partial charge in [-0.25, -0.2) is 9.49 Å². The van der Waals surface area contributed by atoms with E-state index in [9.17, 15) is 14.0 Å². The molecule has 0 aliphatic carbocycles. The van der Waals surface area contributed by atoms with Crippen LogP contribution in [-0.2, 0) is 4.79 Å². The number of hydrogen-bond donors (Lipinski definition) is 2. The minimum atomic E-state index is -0.465. The Bertz CT molecular complexity index is 1070. The van der Waals surface area contributed by atoms with Crippen molar-refractivity contribution in [1.82, 2.24) is 20.0 Å². The first-order valence-electron chi connectivity index (χ1n) is 7.84. The van der Waals surface area contributed by atoms with Crippen molar-refractivity contribution in [2.24, 2.45) is 0 Å². The summed E-state index contributed by atoms with van der Waals surface area (Å²) in [5.41, 5.74) is 1.46. The molecule has 1 amide bonds. The number of carbonyl (C=O) groups is 1. The molecule has 0 saturated heterocycles. The summed E-state index contributed by atoms with van der Waals surface area (Å²) >= 11 is 3.35. The molecule has 1 aliphatic rings. The molecular weight excluding hydrogens is 405 g/mol. The average Bonchev–Trinajstić information content (AvgIpc) is 2.94. The summed E-state index contributed by atoms with van der Waals surface area (Å²) in [6.45, 7) is 1.79. The molecule has 1 atom stereocenters. The molecule has 1 aromatic carbocycles. The third-order valence-corrected chi connectivity index (χ3v) is 4.81. The zero-order chi connectivity index (χ0) is 18.4. The van der Waals surface area contributed by atoms with Crippen molar-refractivity contribution in [3.63, 3.8) is 0 Å². The Labute approximate surface area is 155 Å². The number of amides is 1. The lowest BCUT2D eigenvalue weighted by Crippen LogP contribution is -2.25. The Kier molecular flexibility index (Phi) is 3.95. The van der Waals surface area contributed by atoms with E-state index in [1.165, 1.54) is 22.9 Å². The molecule has 3 aromatic rings. The summed E-state index contributed by atoms with van der Waals surface area (Å²) in [6.07, 6.45) is 0.117. The third-order valence-electron chi connectivity index (χ3n) is 4.32. The van der Waals surface area contributed by atoms with Gasteiger partial charge in [0.1, 0.15) is 11.6 Å². The Morgan fingerprint density at radius 3 is 2.81 bits per heavy atom. The Hall–Kier alpha value is -2.81. The number of aromatic nitrogens is 4. The van der Waals surface area contributed by atoms with Crippen molar-refractivity contribution in [2.45, 2.75) is 19.3 Å². The van der Waals surface area contributed by atoms with Gasteiger partial charge in [-0.05, 0) is 36.8 Å². The molecule has 0 saturated carbocycles. The van der Waals surface area contributed by atoms with E-state index in [0.717, 1.165) is 10.0 Å². The SMILES string of the molecule is Cc1nn(-c2ccc(=O)[nH]n2)c2c1C(c1cc(Br)ccc1F)CC(=O)N2. The van der Waals surface area contributed by atoms with Crippen LogP contribution in [0.15, 0.2) is 39.6 Å². The molecule has 9 heteroatoms. The number of nitrogens with one attached hydrogen (secondary N) is 2. The van der Waals surface area contributed by atoms with E-state index in [2.05, 4.69) is 36.5 Å². The first-order valence-corrected chi connectivity index (χ1v) is 8.64. The molecule has 0 radical (unpaired) electrons. The van der Waals surface area contributed by atoms with Crippen LogP contribution >= 0.6 is 15.9 Å². The maximum Gasteiger partial charge on any atom is 0.264 e. The third kappa shape index (κ3) is 2.74. The van der Waals surface area contributed by atoms with Crippen molar-refractivity contribution in [3.8, 4) is 5.82 Å². The van der Waals surface area contributed by atoms with Gasteiger partial charge in [-0.1, -0.05) is 15.9 Å². The van der Waals surface area contributed by atoms with E-state index < -0.39 is 5.92 Å². The van der Waals surface area contributed by atoms with Crippen LogP contribution in [0.4, 0.5) is 10.2 Å². The first-order chi connectivity index (χ1) is 12.4. The molecular formula is C17H13BrFN5O2. The zero-order valence-corrected chi connectivity index (χ0v) is 15.2. The number of aromatic amines is 1. The zero-order valence-electron chi connectivity index (χ0n) is 13.6. The number of aryl methyl sites for hydroxylation is 1. The smallest absolute Gasteiger partial charge is 0.264 e. The average molecular weight is 418 g/mol. The molecule has 2 N–H and O–H groups in total. The summed E-state index contributed by atoms with van der Waals surface area (Å²) in [5, 5.41) is 13.5. The first kappa shape index (κ1) is 16.6. The molecule has 26 heavy (non-hydrogen) atoms. The Balaban J connectivity index is 1.91. The van der Waals surface area contributed by atoms with Gasteiger partial charge < -0.3 is 5.32 Å². The van der Waals surface area contributed by atoms with Gasteiger partial charge >= 0.3 is 0 Å². The molecule has 1 aliphatic heterocycles. The quantitative estimate of drug-likeness (QED) is 0.670. The summed E-state index contributed by atoms with van der Waals surface area (Å²) in [7, 11) is 0. The number of H-pyrrole nitrogens is 1. The molecule has 4 rings (SSSR count). The van der Waals surface area contributed by atoms with Crippen LogP contribution in [0.1, 0.15) is 29.2 Å². The number of rotatable bonds is 2. The van der Waals surface area contributed by atoms with Gasteiger partial charge in [0.2, 0.25) is 5.91 Å². The van der Waals surface area contributed by atoms with E-state index >= 15 is 0 Å². The molecule has 1 unspecified atom stereocenters. The van der Waals surface area contributed by atoms with E-state index in [0.29, 0.717) is 22.9 Å². The summed E-state index contributed by atoms with van der Waals surface area (Å²) in [6, 6.07) is 7.48. The summed E-state index contributed by atoms with van der Waals surface area (Å²) < 4.78 is 16.6. The highest BCUT2D eigenvalue weighted by atomic mass is 79.9. The minimum absolute atomic E-state index is 0.117. The van der Waals surface area contributed by atoms with Crippen LogP contribution in [0, 0.1) is 12.7 Å². The van der Waals surface area contributed by atoms with Gasteiger partial charge in [0.05, 0.1) is 5.69 Å². The molecule has 132 valence electrons. The number of nitrogens with zero attached hydrogens (tertiary/aromatic N) is 3. The van der Waals surface area contributed by atoms with Crippen LogP contribution in [0.25, 0.3) is 5.82 Å². The molecule has 3 heterocycles. The second-order valence-corrected chi connectivity index (χ2v) is 6.93. The van der Waals surface area contributed by atoms with Gasteiger partial charge in [0.25, 0.3) is 5.56 Å². The normalized spacial score (nSPS) is 16.3. The number of carbonyl (C=O) groups excluding carboxylic acids is 1.